The standard InChI is InChI=1S/C9H13F3OS/c1-6(14)13-8-4-2-7(3-5-8)9(10,11)12/h7-8H,2-5H2,1H3. The number of halogens is 3. The molecule has 1 aliphatic carbocycles. The molecule has 0 aromatic carbocycles. The summed E-state index contributed by atoms with van der Waals surface area (Å²) in [6, 6.07) is 0. The summed E-state index contributed by atoms with van der Waals surface area (Å²) in [7, 11) is 0. The SMILES string of the molecule is CC(=S)OC1CCC(C(F)(F)F)CC1. The van der Waals surface area contributed by atoms with Gasteiger partial charge in [-0.25, -0.2) is 0 Å². The minimum absolute atomic E-state index is 0.105. The smallest absolute Gasteiger partial charge is 0.391 e. The molecule has 1 fully saturated rings. The van der Waals surface area contributed by atoms with E-state index in [2.05, 4.69) is 0 Å². The summed E-state index contributed by atoms with van der Waals surface area (Å²) in [5.74, 6) is -1.15. The van der Waals surface area contributed by atoms with Crippen LogP contribution in [0.2, 0.25) is 0 Å². The van der Waals surface area contributed by atoms with Crippen molar-refractivity contribution in [3.63, 3.8) is 0 Å². The molecule has 0 amide bonds. The van der Waals surface area contributed by atoms with Crippen molar-refractivity contribution in [2.45, 2.75) is 44.9 Å². The van der Waals surface area contributed by atoms with Crippen molar-refractivity contribution >= 4 is 17.3 Å². The van der Waals surface area contributed by atoms with Crippen molar-refractivity contribution < 1.29 is 17.9 Å². The van der Waals surface area contributed by atoms with Gasteiger partial charge in [0.25, 0.3) is 0 Å². The molecule has 0 unspecified atom stereocenters. The van der Waals surface area contributed by atoms with Crippen LogP contribution < -0.4 is 0 Å². The highest BCUT2D eigenvalue weighted by Gasteiger charge is 2.41. The van der Waals surface area contributed by atoms with E-state index in [4.69, 9.17) is 17.0 Å². The van der Waals surface area contributed by atoms with E-state index in [0.717, 1.165) is 0 Å². The van der Waals surface area contributed by atoms with Gasteiger partial charge in [0.05, 0.1) is 12.0 Å². The van der Waals surface area contributed by atoms with Crippen molar-refractivity contribution in [3.8, 4) is 0 Å². The van der Waals surface area contributed by atoms with Crippen molar-refractivity contribution in [2.24, 2.45) is 5.92 Å². The van der Waals surface area contributed by atoms with Crippen LogP contribution in [-0.2, 0) is 4.74 Å². The predicted molar refractivity (Wildman–Crippen MR) is 51.2 cm³/mol. The second-order valence-corrected chi connectivity index (χ2v) is 4.20. The fourth-order valence-corrected chi connectivity index (χ4v) is 1.88. The van der Waals surface area contributed by atoms with Crippen LogP contribution in [0.15, 0.2) is 0 Å². The first-order valence-electron chi connectivity index (χ1n) is 4.63. The first-order valence-corrected chi connectivity index (χ1v) is 5.04. The van der Waals surface area contributed by atoms with Gasteiger partial charge in [0.2, 0.25) is 0 Å². The van der Waals surface area contributed by atoms with Gasteiger partial charge >= 0.3 is 6.18 Å². The van der Waals surface area contributed by atoms with Crippen molar-refractivity contribution in [2.75, 3.05) is 0 Å². The number of hydrogen-bond acceptors (Lipinski definition) is 2. The van der Waals surface area contributed by atoms with E-state index in [-0.39, 0.29) is 18.9 Å². The Hall–Kier alpha value is -0.320. The zero-order valence-electron chi connectivity index (χ0n) is 7.93. The van der Waals surface area contributed by atoms with E-state index in [1.807, 2.05) is 0 Å². The molecule has 82 valence electrons. The van der Waals surface area contributed by atoms with Crippen LogP contribution >= 0.6 is 12.2 Å². The zero-order chi connectivity index (χ0) is 10.8. The molecule has 0 N–H and O–H groups in total. The first kappa shape index (κ1) is 11.8. The van der Waals surface area contributed by atoms with E-state index in [1.165, 1.54) is 0 Å². The molecule has 0 aromatic heterocycles. The molecule has 0 atom stereocenters. The largest absolute Gasteiger partial charge is 0.484 e. The van der Waals surface area contributed by atoms with E-state index in [9.17, 15) is 13.2 Å². The molecule has 0 radical (unpaired) electrons. The third-order valence-corrected chi connectivity index (χ3v) is 2.57. The maximum absolute atomic E-state index is 12.3. The number of rotatable bonds is 1. The van der Waals surface area contributed by atoms with Crippen molar-refractivity contribution in [1.29, 1.82) is 0 Å². The number of alkyl halides is 3. The molecule has 1 nitrogen and oxygen atoms in total. The molecule has 5 heteroatoms. The molecular formula is C9H13F3OS. The Labute approximate surface area is 86.6 Å². The Morgan fingerprint density at radius 2 is 1.71 bits per heavy atom. The van der Waals surface area contributed by atoms with Gasteiger partial charge in [0.15, 0.2) is 5.05 Å². The highest BCUT2D eigenvalue weighted by Crippen LogP contribution is 2.38. The molecule has 0 aliphatic heterocycles. The molecule has 0 aromatic rings. The van der Waals surface area contributed by atoms with Gasteiger partial charge in [0.1, 0.15) is 0 Å². The van der Waals surface area contributed by atoms with Crippen LogP contribution in [0.25, 0.3) is 0 Å². The molecular weight excluding hydrogens is 213 g/mol. The normalized spacial score (nSPS) is 28.6. The monoisotopic (exact) mass is 226 g/mol. The molecule has 0 spiro atoms. The number of thiocarbonyl (C=S) groups is 1. The van der Waals surface area contributed by atoms with E-state index in [0.29, 0.717) is 17.9 Å². The van der Waals surface area contributed by atoms with Gasteiger partial charge in [0, 0.05) is 6.92 Å². The lowest BCUT2D eigenvalue weighted by Gasteiger charge is -2.29. The van der Waals surface area contributed by atoms with Gasteiger partial charge in [-0.1, -0.05) is 0 Å². The number of ether oxygens (including phenoxy) is 1. The second-order valence-electron chi connectivity index (χ2n) is 3.62. The van der Waals surface area contributed by atoms with Crippen LogP contribution in [0.3, 0.4) is 0 Å². The highest BCUT2D eigenvalue weighted by atomic mass is 32.1. The summed E-state index contributed by atoms with van der Waals surface area (Å²) in [6.45, 7) is 1.64. The van der Waals surface area contributed by atoms with Crippen molar-refractivity contribution in [3.05, 3.63) is 0 Å². The third-order valence-electron chi connectivity index (χ3n) is 2.47. The molecule has 0 bridgehead atoms. The Bertz CT molecular complexity index is 207. The predicted octanol–water partition coefficient (Wildman–Crippen LogP) is 3.47. The second kappa shape index (κ2) is 4.47. The Balaban J connectivity index is 2.35. The van der Waals surface area contributed by atoms with Crippen LogP contribution in [0.1, 0.15) is 32.6 Å². The van der Waals surface area contributed by atoms with Crippen LogP contribution in [-0.4, -0.2) is 17.3 Å². The lowest BCUT2D eigenvalue weighted by molar-refractivity contribution is -0.185. The minimum Gasteiger partial charge on any atom is -0.484 e. The first-order chi connectivity index (χ1) is 6.39. The number of hydrogen-bond donors (Lipinski definition) is 0. The summed E-state index contributed by atoms with van der Waals surface area (Å²) in [5.41, 5.74) is 0. The van der Waals surface area contributed by atoms with Crippen LogP contribution in [0.4, 0.5) is 13.2 Å². The molecule has 1 aliphatic rings. The summed E-state index contributed by atoms with van der Waals surface area (Å²) >= 11 is 4.73. The van der Waals surface area contributed by atoms with E-state index in [1.54, 1.807) is 6.92 Å². The molecule has 0 saturated heterocycles. The van der Waals surface area contributed by atoms with Gasteiger partial charge < -0.3 is 4.74 Å². The van der Waals surface area contributed by atoms with E-state index < -0.39 is 12.1 Å². The summed E-state index contributed by atoms with van der Waals surface area (Å²) < 4.78 is 42.0. The summed E-state index contributed by atoms with van der Waals surface area (Å²) in [4.78, 5) is 0. The molecule has 0 heterocycles. The van der Waals surface area contributed by atoms with Gasteiger partial charge in [-0.2, -0.15) is 13.2 Å². The lowest BCUT2D eigenvalue weighted by atomic mass is 9.87. The molecule has 14 heavy (non-hydrogen) atoms. The summed E-state index contributed by atoms with van der Waals surface area (Å²) in [6.07, 6.45) is -2.91. The average molecular weight is 226 g/mol. The Kier molecular flexibility index (Phi) is 3.75. The molecule has 1 rings (SSSR count). The fraction of sp³-hybridized carbons (Fsp3) is 0.889. The fourth-order valence-electron chi connectivity index (χ4n) is 1.74. The maximum atomic E-state index is 12.3. The van der Waals surface area contributed by atoms with Crippen LogP contribution in [0.5, 0.6) is 0 Å². The Morgan fingerprint density at radius 1 is 1.21 bits per heavy atom. The van der Waals surface area contributed by atoms with Gasteiger partial charge in [-0.3, -0.25) is 0 Å². The minimum atomic E-state index is -4.04. The topological polar surface area (TPSA) is 9.23 Å². The van der Waals surface area contributed by atoms with Crippen molar-refractivity contribution in [1.82, 2.24) is 0 Å². The van der Waals surface area contributed by atoms with Gasteiger partial charge in [-0.15, -0.1) is 0 Å². The Morgan fingerprint density at radius 3 is 2.07 bits per heavy atom. The third kappa shape index (κ3) is 3.44. The lowest BCUT2D eigenvalue weighted by Crippen LogP contribution is -2.31. The quantitative estimate of drug-likeness (QED) is 0.633. The van der Waals surface area contributed by atoms with Gasteiger partial charge in [-0.05, 0) is 37.9 Å². The molecule has 1 saturated carbocycles. The highest BCUT2D eigenvalue weighted by molar-refractivity contribution is 7.80. The average Bonchev–Trinajstić information content (AvgIpc) is 2.02. The summed E-state index contributed by atoms with van der Waals surface area (Å²) in [5, 5.41) is 0.417. The zero-order valence-corrected chi connectivity index (χ0v) is 8.75. The maximum Gasteiger partial charge on any atom is 0.391 e. The van der Waals surface area contributed by atoms with E-state index >= 15 is 0 Å². The van der Waals surface area contributed by atoms with Crippen LogP contribution in [0, 0.1) is 5.92 Å².